The Bertz CT molecular complexity index is 1240. The highest BCUT2D eigenvalue weighted by atomic mass is 16.3. The largest absolute Gasteiger partial charge is 0.508 e. The van der Waals surface area contributed by atoms with Crippen molar-refractivity contribution in [2.45, 2.75) is 13.0 Å². The first-order chi connectivity index (χ1) is 13.6. The van der Waals surface area contributed by atoms with Gasteiger partial charge in [-0.2, -0.15) is 9.78 Å². The average Bonchev–Trinajstić information content (AvgIpc) is 3.16. The summed E-state index contributed by atoms with van der Waals surface area (Å²) in [5.74, 6) is 0.453. The van der Waals surface area contributed by atoms with Crippen LogP contribution in [0.1, 0.15) is 22.7 Å². The maximum absolute atomic E-state index is 12.6. The molecule has 1 aliphatic heterocycles. The molecule has 2 aromatic carbocycles. The van der Waals surface area contributed by atoms with E-state index in [2.05, 4.69) is 31.0 Å². The van der Waals surface area contributed by atoms with Gasteiger partial charge in [-0.25, -0.2) is 5.10 Å². The van der Waals surface area contributed by atoms with Gasteiger partial charge in [0.2, 0.25) is 5.95 Å². The first kappa shape index (κ1) is 16.2. The number of aromatic hydroxyl groups is 1. The van der Waals surface area contributed by atoms with E-state index in [-0.39, 0.29) is 11.3 Å². The highest BCUT2D eigenvalue weighted by Gasteiger charge is 2.34. The third-order valence-electron chi connectivity index (χ3n) is 4.78. The quantitative estimate of drug-likeness (QED) is 0.433. The number of hydrogen-bond acceptors (Lipinski definition) is 7. The Balaban J connectivity index is 1.82. The van der Waals surface area contributed by atoms with Crippen molar-refractivity contribution in [1.29, 1.82) is 0 Å². The lowest BCUT2D eigenvalue weighted by Crippen LogP contribution is -2.29. The number of phenolic OH excluding ortho intramolecular Hbond substituents is 1. The number of anilines is 2. The number of nitrogens with zero attached hydrogens (tertiary/aromatic N) is 5. The summed E-state index contributed by atoms with van der Waals surface area (Å²) in [6.07, 6.45) is 0. The maximum atomic E-state index is 12.6. The average molecular weight is 373 g/mol. The molecule has 0 bridgehead atoms. The van der Waals surface area contributed by atoms with Crippen LogP contribution in [-0.2, 0) is 0 Å². The summed E-state index contributed by atoms with van der Waals surface area (Å²) in [4.78, 5) is 12.6. The van der Waals surface area contributed by atoms with E-state index in [1.54, 1.807) is 22.9 Å². The van der Waals surface area contributed by atoms with Crippen LogP contribution in [0.25, 0.3) is 11.3 Å². The van der Waals surface area contributed by atoms with Gasteiger partial charge in [0.25, 0.3) is 5.56 Å². The van der Waals surface area contributed by atoms with Gasteiger partial charge in [0.1, 0.15) is 17.5 Å². The van der Waals surface area contributed by atoms with Crippen LogP contribution in [0.3, 0.4) is 0 Å². The zero-order valence-corrected chi connectivity index (χ0v) is 14.8. The Morgan fingerprint density at radius 1 is 1.14 bits per heavy atom. The molecule has 1 atom stereocenters. The number of aromatic nitrogens is 6. The fraction of sp³-hybridized carbons (Fsp3) is 0.105. The van der Waals surface area contributed by atoms with Gasteiger partial charge in [-0.15, -0.1) is 0 Å². The summed E-state index contributed by atoms with van der Waals surface area (Å²) in [5.41, 5.74) is 3.91. The number of hydrogen-bond donors (Lipinski definition) is 3. The van der Waals surface area contributed by atoms with Gasteiger partial charge in [0.15, 0.2) is 0 Å². The SMILES string of the molecule is Cc1ccc(-c2n[nH]c(=O)c3c2[C@@H](c2cccc(O)c2)n2nnnc2N3)cc1. The molecule has 0 unspecified atom stereocenters. The number of benzene rings is 2. The summed E-state index contributed by atoms with van der Waals surface area (Å²) < 4.78 is 1.58. The topological polar surface area (TPSA) is 122 Å². The summed E-state index contributed by atoms with van der Waals surface area (Å²) in [6.45, 7) is 2.00. The lowest BCUT2D eigenvalue weighted by molar-refractivity contribution is 0.472. The minimum atomic E-state index is -0.528. The van der Waals surface area contributed by atoms with Gasteiger partial charge in [0.05, 0.1) is 5.69 Å². The van der Waals surface area contributed by atoms with Crippen molar-refractivity contribution in [3.05, 3.63) is 75.6 Å². The van der Waals surface area contributed by atoms with Crippen LogP contribution in [0.2, 0.25) is 0 Å². The number of H-pyrrole nitrogens is 1. The number of rotatable bonds is 2. The van der Waals surface area contributed by atoms with Gasteiger partial charge in [-0.05, 0) is 35.0 Å². The van der Waals surface area contributed by atoms with Crippen LogP contribution in [-0.4, -0.2) is 35.5 Å². The molecule has 2 aromatic heterocycles. The summed E-state index contributed by atoms with van der Waals surface area (Å²) in [7, 11) is 0. The molecule has 9 nitrogen and oxygen atoms in total. The highest BCUT2D eigenvalue weighted by molar-refractivity contribution is 5.75. The fourth-order valence-electron chi connectivity index (χ4n) is 3.47. The summed E-state index contributed by atoms with van der Waals surface area (Å²) >= 11 is 0. The molecule has 3 heterocycles. The van der Waals surface area contributed by atoms with E-state index < -0.39 is 6.04 Å². The Morgan fingerprint density at radius 3 is 2.75 bits per heavy atom. The molecule has 4 aromatic rings. The second-order valence-corrected chi connectivity index (χ2v) is 6.63. The minimum Gasteiger partial charge on any atom is -0.508 e. The van der Waals surface area contributed by atoms with Crippen molar-refractivity contribution < 1.29 is 5.11 Å². The normalized spacial score (nSPS) is 14.8. The number of nitrogens with one attached hydrogen (secondary N) is 2. The van der Waals surface area contributed by atoms with Crippen LogP contribution in [0, 0.1) is 6.92 Å². The zero-order valence-electron chi connectivity index (χ0n) is 14.8. The van der Waals surface area contributed by atoms with Crippen molar-refractivity contribution in [2.24, 2.45) is 0 Å². The summed E-state index contributed by atoms with van der Waals surface area (Å²) in [6, 6.07) is 14.1. The molecule has 0 saturated carbocycles. The first-order valence-electron chi connectivity index (χ1n) is 8.65. The Labute approximate surface area is 158 Å². The van der Waals surface area contributed by atoms with Crippen molar-refractivity contribution in [1.82, 2.24) is 30.4 Å². The van der Waals surface area contributed by atoms with Crippen LogP contribution in [0.5, 0.6) is 5.75 Å². The first-order valence-corrected chi connectivity index (χ1v) is 8.65. The smallest absolute Gasteiger partial charge is 0.288 e. The maximum Gasteiger partial charge on any atom is 0.288 e. The lowest BCUT2D eigenvalue weighted by atomic mass is 9.92. The molecule has 28 heavy (non-hydrogen) atoms. The van der Waals surface area contributed by atoms with Crippen molar-refractivity contribution >= 4 is 11.6 Å². The third-order valence-corrected chi connectivity index (χ3v) is 4.78. The Hall–Kier alpha value is -4.01. The molecule has 0 amide bonds. The molecule has 0 radical (unpaired) electrons. The fourth-order valence-corrected chi connectivity index (χ4v) is 3.47. The van der Waals surface area contributed by atoms with E-state index >= 15 is 0 Å². The van der Waals surface area contributed by atoms with Gasteiger partial charge in [-0.3, -0.25) is 4.79 Å². The second kappa shape index (κ2) is 6.02. The van der Waals surface area contributed by atoms with E-state index in [0.29, 0.717) is 22.9 Å². The number of aryl methyl sites for hydroxylation is 1. The molecule has 9 heteroatoms. The van der Waals surface area contributed by atoms with E-state index in [0.717, 1.165) is 16.7 Å². The van der Waals surface area contributed by atoms with Crippen LogP contribution >= 0.6 is 0 Å². The predicted octanol–water partition coefficient (Wildman–Crippen LogP) is 2.13. The van der Waals surface area contributed by atoms with Crippen molar-refractivity contribution in [2.75, 3.05) is 5.32 Å². The number of fused-ring (bicyclic) bond motifs is 2. The van der Waals surface area contributed by atoms with Gasteiger partial charge in [0, 0.05) is 11.1 Å². The third kappa shape index (κ3) is 2.44. The molecule has 0 aliphatic carbocycles. The molecule has 0 spiro atoms. The van der Waals surface area contributed by atoms with E-state index in [1.165, 1.54) is 0 Å². The summed E-state index contributed by atoms with van der Waals surface area (Å²) in [5, 5.41) is 31.7. The predicted molar refractivity (Wildman–Crippen MR) is 101 cm³/mol. The number of aromatic amines is 1. The monoisotopic (exact) mass is 373 g/mol. The number of tetrazole rings is 1. The van der Waals surface area contributed by atoms with Crippen molar-refractivity contribution in [3.8, 4) is 17.0 Å². The highest BCUT2D eigenvalue weighted by Crippen LogP contribution is 2.41. The molecular weight excluding hydrogens is 358 g/mol. The molecule has 3 N–H and O–H groups in total. The van der Waals surface area contributed by atoms with Gasteiger partial charge in [-0.1, -0.05) is 47.1 Å². The van der Waals surface area contributed by atoms with E-state index in [1.807, 2.05) is 37.3 Å². The van der Waals surface area contributed by atoms with Gasteiger partial charge < -0.3 is 10.4 Å². The van der Waals surface area contributed by atoms with Crippen LogP contribution in [0.4, 0.5) is 11.6 Å². The zero-order chi connectivity index (χ0) is 19.3. The second-order valence-electron chi connectivity index (χ2n) is 6.63. The molecule has 0 fully saturated rings. The van der Waals surface area contributed by atoms with Crippen molar-refractivity contribution in [3.63, 3.8) is 0 Å². The van der Waals surface area contributed by atoms with Crippen LogP contribution in [0.15, 0.2) is 53.3 Å². The minimum absolute atomic E-state index is 0.113. The number of phenols is 1. The Morgan fingerprint density at radius 2 is 1.96 bits per heavy atom. The van der Waals surface area contributed by atoms with Crippen LogP contribution < -0.4 is 10.9 Å². The Kier molecular flexibility index (Phi) is 3.48. The van der Waals surface area contributed by atoms with E-state index in [4.69, 9.17) is 0 Å². The molecule has 138 valence electrons. The molecule has 0 saturated heterocycles. The molecule has 1 aliphatic rings. The standard InChI is InChI=1S/C19H15N7O2/c1-10-5-7-11(8-6-10)15-14-16(18(28)22-21-15)20-19-23-24-25-26(19)17(14)12-3-2-4-13(27)9-12/h2-9,17,27H,1H3,(H,22,28)(H,20,23,25)/t17-/m1/s1. The van der Waals surface area contributed by atoms with Gasteiger partial charge >= 0.3 is 0 Å². The molecular formula is C19H15N7O2. The van der Waals surface area contributed by atoms with E-state index in [9.17, 15) is 9.90 Å². The molecule has 5 rings (SSSR count). The lowest BCUT2D eigenvalue weighted by Gasteiger charge is -2.27.